The van der Waals surface area contributed by atoms with Crippen LogP contribution in [-0.4, -0.2) is 34.1 Å². The monoisotopic (exact) mass is 407 g/mol. The summed E-state index contributed by atoms with van der Waals surface area (Å²) in [5, 5.41) is 2.20. The maximum atomic E-state index is 13.4. The highest BCUT2D eigenvalue weighted by molar-refractivity contribution is 7.92. The van der Waals surface area contributed by atoms with Gasteiger partial charge in [0.05, 0.1) is 30.4 Å². The summed E-state index contributed by atoms with van der Waals surface area (Å²) in [6.45, 7) is 0. The van der Waals surface area contributed by atoms with Crippen molar-refractivity contribution in [2.24, 2.45) is 0 Å². The highest BCUT2D eigenvalue weighted by Gasteiger charge is 2.47. The second-order valence-corrected chi connectivity index (χ2v) is 7.05. The number of rotatable bonds is 5. The third-order valence-electron chi connectivity index (χ3n) is 3.44. The van der Waals surface area contributed by atoms with Crippen molar-refractivity contribution in [2.45, 2.75) is 10.4 Å². The molecule has 2 rings (SSSR count). The molecule has 0 fully saturated rings. The number of alkyl halides is 3. The molecule has 0 radical (unpaired) electrons. The summed E-state index contributed by atoms with van der Waals surface area (Å²) in [4.78, 5) is 11.3. The average Bonchev–Trinajstić information content (AvgIpc) is 2.60. The third kappa shape index (κ3) is 4.13. The van der Waals surface area contributed by atoms with Gasteiger partial charge in [-0.05, 0) is 36.4 Å². The Balaban J connectivity index is 2.48. The first-order valence-corrected chi connectivity index (χ1v) is 8.64. The molecule has 0 atom stereocenters. The SMILES string of the molecule is COc1ccc(S(=O)(=O)C(F)(F)F)cc1NC(=O)c1cc(F)ccc1OC. The van der Waals surface area contributed by atoms with Crippen molar-refractivity contribution in [3.05, 3.63) is 47.8 Å². The number of hydrogen-bond acceptors (Lipinski definition) is 5. The first-order valence-electron chi connectivity index (χ1n) is 7.15. The zero-order valence-electron chi connectivity index (χ0n) is 13.9. The van der Waals surface area contributed by atoms with Gasteiger partial charge in [-0.1, -0.05) is 0 Å². The number of halogens is 4. The highest BCUT2D eigenvalue weighted by atomic mass is 32.2. The Hall–Kier alpha value is -2.82. The van der Waals surface area contributed by atoms with Gasteiger partial charge in [-0.15, -0.1) is 0 Å². The lowest BCUT2D eigenvalue weighted by Crippen LogP contribution is -2.23. The maximum Gasteiger partial charge on any atom is 0.501 e. The normalized spacial score (nSPS) is 11.8. The Bertz CT molecular complexity index is 973. The Labute approximate surface area is 151 Å². The van der Waals surface area contributed by atoms with Crippen molar-refractivity contribution < 1.29 is 40.2 Å². The molecule has 0 aromatic heterocycles. The fraction of sp³-hybridized carbons (Fsp3) is 0.188. The number of hydrogen-bond donors (Lipinski definition) is 1. The lowest BCUT2D eigenvalue weighted by molar-refractivity contribution is -0.0436. The number of benzene rings is 2. The van der Waals surface area contributed by atoms with Crippen molar-refractivity contribution in [3.63, 3.8) is 0 Å². The number of ether oxygens (including phenoxy) is 2. The molecule has 0 bridgehead atoms. The minimum absolute atomic E-state index is 0.00642. The van der Waals surface area contributed by atoms with Crippen LogP contribution < -0.4 is 14.8 Å². The van der Waals surface area contributed by atoms with Crippen molar-refractivity contribution in [3.8, 4) is 11.5 Å². The maximum absolute atomic E-state index is 13.4. The van der Waals surface area contributed by atoms with Crippen LogP contribution in [0.15, 0.2) is 41.3 Å². The van der Waals surface area contributed by atoms with Gasteiger partial charge in [0.2, 0.25) is 0 Å². The Morgan fingerprint density at radius 2 is 1.59 bits per heavy atom. The summed E-state index contributed by atoms with van der Waals surface area (Å²) < 4.78 is 84.6. The Morgan fingerprint density at radius 3 is 2.15 bits per heavy atom. The van der Waals surface area contributed by atoms with Crippen molar-refractivity contribution in [2.75, 3.05) is 19.5 Å². The highest BCUT2D eigenvalue weighted by Crippen LogP contribution is 2.35. The van der Waals surface area contributed by atoms with E-state index in [1.807, 2.05) is 0 Å². The summed E-state index contributed by atoms with van der Waals surface area (Å²) >= 11 is 0. The van der Waals surface area contributed by atoms with Crippen LogP contribution in [0.25, 0.3) is 0 Å². The van der Waals surface area contributed by atoms with Crippen LogP contribution in [-0.2, 0) is 9.84 Å². The molecule has 2 aromatic carbocycles. The molecule has 146 valence electrons. The molecule has 2 aromatic rings. The fourth-order valence-corrected chi connectivity index (χ4v) is 2.92. The van der Waals surface area contributed by atoms with Crippen LogP contribution in [0.5, 0.6) is 11.5 Å². The number of sulfone groups is 1. The van der Waals surface area contributed by atoms with E-state index in [9.17, 15) is 30.8 Å². The molecule has 1 amide bonds. The molecule has 0 aliphatic heterocycles. The molecule has 0 aliphatic carbocycles. The van der Waals surface area contributed by atoms with Gasteiger partial charge in [0.25, 0.3) is 15.7 Å². The number of amides is 1. The van der Waals surface area contributed by atoms with Crippen LogP contribution in [0, 0.1) is 5.82 Å². The summed E-state index contributed by atoms with van der Waals surface area (Å²) in [6, 6.07) is 5.35. The van der Waals surface area contributed by atoms with E-state index in [0.717, 1.165) is 18.2 Å². The first-order chi connectivity index (χ1) is 12.5. The zero-order valence-corrected chi connectivity index (χ0v) is 14.7. The lowest BCUT2D eigenvalue weighted by Gasteiger charge is -2.14. The third-order valence-corrected chi connectivity index (χ3v) is 4.92. The zero-order chi connectivity index (χ0) is 20.4. The summed E-state index contributed by atoms with van der Waals surface area (Å²) in [5.41, 5.74) is -6.11. The van der Waals surface area contributed by atoms with Crippen LogP contribution in [0.2, 0.25) is 0 Å². The van der Waals surface area contributed by atoms with E-state index in [1.54, 1.807) is 0 Å². The molecule has 0 aliphatic rings. The van der Waals surface area contributed by atoms with Gasteiger partial charge >= 0.3 is 5.51 Å². The first kappa shape index (κ1) is 20.5. The molecule has 6 nitrogen and oxygen atoms in total. The van der Waals surface area contributed by atoms with E-state index in [2.05, 4.69) is 5.32 Å². The molecular formula is C16H13F4NO5S. The largest absolute Gasteiger partial charge is 0.501 e. The van der Waals surface area contributed by atoms with E-state index in [0.29, 0.717) is 12.1 Å². The standard InChI is InChI=1S/C16H13F4NO5S/c1-25-13-5-3-9(17)7-11(13)15(22)21-12-8-10(4-6-14(12)26-2)27(23,24)16(18,19)20/h3-8H,1-2H3,(H,21,22). The number of methoxy groups -OCH3 is 2. The fourth-order valence-electron chi connectivity index (χ4n) is 2.13. The van der Waals surface area contributed by atoms with Crippen LogP contribution in [0.1, 0.15) is 10.4 Å². The Kier molecular flexibility index (Phi) is 5.64. The van der Waals surface area contributed by atoms with Crippen molar-refractivity contribution in [1.82, 2.24) is 0 Å². The number of carbonyl (C=O) groups is 1. The van der Waals surface area contributed by atoms with Gasteiger partial charge in [-0.3, -0.25) is 4.79 Å². The van der Waals surface area contributed by atoms with E-state index < -0.39 is 32.0 Å². The molecule has 0 saturated carbocycles. The minimum Gasteiger partial charge on any atom is -0.496 e. The smallest absolute Gasteiger partial charge is 0.496 e. The number of nitrogens with one attached hydrogen (secondary N) is 1. The number of anilines is 1. The molecule has 11 heteroatoms. The van der Waals surface area contributed by atoms with Crippen molar-refractivity contribution in [1.29, 1.82) is 0 Å². The van der Waals surface area contributed by atoms with E-state index >= 15 is 0 Å². The molecule has 0 unspecified atom stereocenters. The van der Waals surface area contributed by atoms with Crippen LogP contribution in [0.4, 0.5) is 23.2 Å². The lowest BCUT2D eigenvalue weighted by atomic mass is 10.1. The van der Waals surface area contributed by atoms with Gasteiger partial charge in [0, 0.05) is 0 Å². The van der Waals surface area contributed by atoms with Gasteiger partial charge < -0.3 is 14.8 Å². The molecule has 27 heavy (non-hydrogen) atoms. The second-order valence-electron chi connectivity index (χ2n) is 5.11. The van der Waals surface area contributed by atoms with Crippen LogP contribution in [0.3, 0.4) is 0 Å². The molecular weight excluding hydrogens is 394 g/mol. The predicted molar refractivity (Wildman–Crippen MR) is 87.1 cm³/mol. The topological polar surface area (TPSA) is 81.7 Å². The van der Waals surface area contributed by atoms with E-state index in [-0.39, 0.29) is 22.7 Å². The average molecular weight is 407 g/mol. The van der Waals surface area contributed by atoms with Crippen molar-refractivity contribution >= 4 is 21.4 Å². The van der Waals surface area contributed by atoms with Gasteiger partial charge in [-0.2, -0.15) is 13.2 Å². The number of carbonyl (C=O) groups excluding carboxylic acids is 1. The quantitative estimate of drug-likeness (QED) is 0.769. The molecule has 0 saturated heterocycles. The van der Waals surface area contributed by atoms with Gasteiger partial charge in [-0.25, -0.2) is 12.8 Å². The van der Waals surface area contributed by atoms with E-state index in [4.69, 9.17) is 9.47 Å². The van der Waals surface area contributed by atoms with Crippen LogP contribution >= 0.6 is 0 Å². The summed E-state index contributed by atoms with van der Waals surface area (Å²) in [5.74, 6) is -1.78. The summed E-state index contributed by atoms with van der Waals surface area (Å²) in [6.07, 6.45) is 0. The van der Waals surface area contributed by atoms with Gasteiger partial charge in [0.1, 0.15) is 17.3 Å². The van der Waals surface area contributed by atoms with E-state index in [1.165, 1.54) is 20.3 Å². The predicted octanol–water partition coefficient (Wildman–Crippen LogP) is 3.39. The molecule has 0 heterocycles. The minimum atomic E-state index is -5.64. The Morgan fingerprint density at radius 1 is 1.00 bits per heavy atom. The molecule has 1 N–H and O–H groups in total. The molecule has 0 spiro atoms. The van der Waals surface area contributed by atoms with Gasteiger partial charge in [0.15, 0.2) is 0 Å². The second kappa shape index (κ2) is 7.43. The summed E-state index contributed by atoms with van der Waals surface area (Å²) in [7, 11) is -3.23.